The van der Waals surface area contributed by atoms with Crippen LogP contribution in [0, 0.1) is 5.92 Å². The number of carbonyl (C=O) groups is 1. The molecule has 0 aliphatic heterocycles. The lowest BCUT2D eigenvalue weighted by Crippen LogP contribution is -2.36. The Labute approximate surface area is 124 Å². The van der Waals surface area contributed by atoms with E-state index in [-0.39, 0.29) is 17.4 Å². The van der Waals surface area contributed by atoms with Crippen molar-refractivity contribution in [2.45, 2.75) is 57.4 Å². The molecular formula is C16H23N3O2. The van der Waals surface area contributed by atoms with Crippen molar-refractivity contribution in [3.63, 3.8) is 0 Å². The predicted octanol–water partition coefficient (Wildman–Crippen LogP) is 1.82. The second-order valence-electron chi connectivity index (χ2n) is 6.22. The van der Waals surface area contributed by atoms with Crippen LogP contribution in [0.15, 0.2) is 16.9 Å². The molecule has 2 saturated carbocycles. The van der Waals surface area contributed by atoms with Crippen LogP contribution in [-0.2, 0) is 11.3 Å². The van der Waals surface area contributed by atoms with Crippen molar-refractivity contribution in [3.8, 4) is 0 Å². The highest BCUT2D eigenvalue weighted by Gasteiger charge is 2.25. The maximum Gasteiger partial charge on any atom is 0.266 e. The monoisotopic (exact) mass is 289 g/mol. The van der Waals surface area contributed by atoms with Crippen LogP contribution in [0.2, 0.25) is 0 Å². The summed E-state index contributed by atoms with van der Waals surface area (Å²) in [5, 5.41) is 7.35. The normalized spacial score (nSPS) is 19.4. The second-order valence-corrected chi connectivity index (χ2v) is 6.22. The van der Waals surface area contributed by atoms with Gasteiger partial charge in [0.05, 0.1) is 12.2 Å². The van der Waals surface area contributed by atoms with Gasteiger partial charge in [-0.15, -0.1) is 0 Å². The zero-order valence-corrected chi connectivity index (χ0v) is 12.4. The Bertz CT molecular complexity index is 557. The lowest BCUT2D eigenvalue weighted by atomic mass is 9.89. The lowest BCUT2D eigenvalue weighted by Gasteiger charge is -2.20. The summed E-state index contributed by atoms with van der Waals surface area (Å²) in [7, 11) is 0. The van der Waals surface area contributed by atoms with Crippen LogP contribution >= 0.6 is 0 Å². The second kappa shape index (κ2) is 6.41. The fourth-order valence-corrected chi connectivity index (χ4v) is 3.02. The summed E-state index contributed by atoms with van der Waals surface area (Å²) in [6.07, 6.45) is 7.90. The maximum absolute atomic E-state index is 12.0. The largest absolute Gasteiger partial charge is 0.354 e. The van der Waals surface area contributed by atoms with E-state index in [4.69, 9.17) is 0 Å². The molecule has 2 aliphatic rings. The van der Waals surface area contributed by atoms with Gasteiger partial charge in [0.15, 0.2) is 0 Å². The van der Waals surface area contributed by atoms with Gasteiger partial charge in [-0.25, -0.2) is 4.68 Å². The Kier molecular flexibility index (Phi) is 4.36. The van der Waals surface area contributed by atoms with Gasteiger partial charge in [0.1, 0.15) is 0 Å². The quantitative estimate of drug-likeness (QED) is 0.899. The minimum atomic E-state index is -0.0914. The Morgan fingerprint density at radius 1 is 1.19 bits per heavy atom. The van der Waals surface area contributed by atoms with Crippen molar-refractivity contribution in [1.82, 2.24) is 15.1 Å². The van der Waals surface area contributed by atoms with Crippen LogP contribution in [0.5, 0.6) is 0 Å². The third-order valence-electron chi connectivity index (χ3n) is 4.48. The molecular weight excluding hydrogens is 266 g/mol. The summed E-state index contributed by atoms with van der Waals surface area (Å²) in [5.74, 6) is 0.844. The van der Waals surface area contributed by atoms with E-state index in [1.54, 1.807) is 6.07 Å². The molecule has 0 unspecified atom stereocenters. The summed E-state index contributed by atoms with van der Waals surface area (Å²) >= 11 is 0. The molecule has 0 aromatic carbocycles. The van der Waals surface area contributed by atoms with Gasteiger partial charge in [-0.1, -0.05) is 19.3 Å². The molecule has 0 spiro atoms. The van der Waals surface area contributed by atoms with E-state index in [9.17, 15) is 9.59 Å². The Balaban J connectivity index is 1.51. The van der Waals surface area contributed by atoms with Gasteiger partial charge in [-0.2, -0.15) is 5.10 Å². The summed E-state index contributed by atoms with van der Waals surface area (Å²) in [4.78, 5) is 23.8. The van der Waals surface area contributed by atoms with E-state index in [2.05, 4.69) is 10.4 Å². The highest BCUT2D eigenvalue weighted by molar-refractivity contribution is 5.78. The number of carbonyl (C=O) groups excluding carboxylic acids is 1. The van der Waals surface area contributed by atoms with E-state index in [1.165, 1.54) is 23.9 Å². The van der Waals surface area contributed by atoms with Crippen LogP contribution in [0.3, 0.4) is 0 Å². The molecule has 1 N–H and O–H groups in total. The van der Waals surface area contributed by atoms with Gasteiger partial charge in [-0.05, 0) is 31.7 Å². The minimum absolute atomic E-state index is 0.0914. The molecule has 0 bridgehead atoms. The highest BCUT2D eigenvalue weighted by Crippen LogP contribution is 2.38. The zero-order chi connectivity index (χ0) is 14.7. The third-order valence-corrected chi connectivity index (χ3v) is 4.48. The number of hydrogen-bond donors (Lipinski definition) is 1. The number of hydrogen-bond acceptors (Lipinski definition) is 3. The Hall–Kier alpha value is -1.65. The molecule has 5 heteroatoms. The first-order valence-corrected chi connectivity index (χ1v) is 8.10. The van der Waals surface area contributed by atoms with Crippen LogP contribution in [0.25, 0.3) is 0 Å². The van der Waals surface area contributed by atoms with Gasteiger partial charge in [0.2, 0.25) is 5.91 Å². The molecule has 0 radical (unpaired) electrons. The van der Waals surface area contributed by atoms with Crippen molar-refractivity contribution in [2.24, 2.45) is 5.92 Å². The van der Waals surface area contributed by atoms with E-state index >= 15 is 0 Å². The molecule has 1 heterocycles. The molecule has 1 aromatic rings. The van der Waals surface area contributed by atoms with Crippen LogP contribution < -0.4 is 10.9 Å². The fourth-order valence-electron chi connectivity index (χ4n) is 3.02. The van der Waals surface area contributed by atoms with Gasteiger partial charge in [0, 0.05) is 24.4 Å². The first kappa shape index (κ1) is 14.3. The van der Waals surface area contributed by atoms with Crippen LogP contribution in [0.1, 0.15) is 56.6 Å². The first-order chi connectivity index (χ1) is 10.2. The molecule has 1 amide bonds. The molecule has 5 nitrogen and oxygen atoms in total. The van der Waals surface area contributed by atoms with Crippen LogP contribution in [0.4, 0.5) is 0 Å². The van der Waals surface area contributed by atoms with Crippen molar-refractivity contribution >= 4 is 5.91 Å². The average molecular weight is 289 g/mol. The molecule has 114 valence electrons. The molecule has 2 fully saturated rings. The standard InChI is InChI=1S/C16H23N3O2/c20-15-9-8-14(12-6-7-12)18-19(15)11-10-17-16(21)13-4-2-1-3-5-13/h8-9,12-13H,1-7,10-11H2,(H,17,21). The van der Waals surface area contributed by atoms with Crippen molar-refractivity contribution in [1.29, 1.82) is 0 Å². The maximum atomic E-state index is 12.0. The summed E-state index contributed by atoms with van der Waals surface area (Å²) in [6, 6.07) is 3.42. The predicted molar refractivity (Wildman–Crippen MR) is 80.1 cm³/mol. The summed E-state index contributed by atoms with van der Waals surface area (Å²) in [6.45, 7) is 0.939. The average Bonchev–Trinajstić information content (AvgIpc) is 3.35. The van der Waals surface area contributed by atoms with E-state index in [1.807, 2.05) is 6.07 Å². The van der Waals surface area contributed by atoms with E-state index < -0.39 is 0 Å². The topological polar surface area (TPSA) is 64.0 Å². The molecule has 21 heavy (non-hydrogen) atoms. The first-order valence-electron chi connectivity index (χ1n) is 8.10. The SMILES string of the molecule is O=C(NCCn1nc(C2CC2)ccc1=O)C1CCCCC1. The summed E-state index contributed by atoms with van der Waals surface area (Å²) in [5.41, 5.74) is 0.916. The number of rotatable bonds is 5. The summed E-state index contributed by atoms with van der Waals surface area (Å²) < 4.78 is 1.48. The number of aromatic nitrogens is 2. The Morgan fingerprint density at radius 2 is 1.95 bits per heavy atom. The van der Waals surface area contributed by atoms with E-state index in [0.29, 0.717) is 19.0 Å². The van der Waals surface area contributed by atoms with Crippen molar-refractivity contribution in [3.05, 3.63) is 28.2 Å². The fraction of sp³-hybridized carbons (Fsp3) is 0.688. The molecule has 1 aromatic heterocycles. The van der Waals surface area contributed by atoms with E-state index in [0.717, 1.165) is 31.4 Å². The highest BCUT2D eigenvalue weighted by atomic mass is 16.2. The smallest absolute Gasteiger partial charge is 0.266 e. The van der Waals surface area contributed by atoms with Gasteiger partial charge in [-0.3, -0.25) is 9.59 Å². The molecule has 0 saturated heterocycles. The Morgan fingerprint density at radius 3 is 2.67 bits per heavy atom. The van der Waals surface area contributed by atoms with Gasteiger partial charge < -0.3 is 5.32 Å². The molecule has 2 aliphatic carbocycles. The van der Waals surface area contributed by atoms with Crippen molar-refractivity contribution < 1.29 is 4.79 Å². The van der Waals surface area contributed by atoms with Crippen molar-refractivity contribution in [2.75, 3.05) is 6.54 Å². The number of nitrogens with zero attached hydrogens (tertiary/aromatic N) is 2. The third kappa shape index (κ3) is 3.71. The molecule has 3 rings (SSSR count). The lowest BCUT2D eigenvalue weighted by molar-refractivity contribution is -0.125. The zero-order valence-electron chi connectivity index (χ0n) is 12.4. The van der Waals surface area contributed by atoms with Gasteiger partial charge >= 0.3 is 0 Å². The number of nitrogens with one attached hydrogen (secondary N) is 1. The number of amides is 1. The van der Waals surface area contributed by atoms with Crippen LogP contribution in [-0.4, -0.2) is 22.2 Å². The minimum Gasteiger partial charge on any atom is -0.354 e. The van der Waals surface area contributed by atoms with Gasteiger partial charge in [0.25, 0.3) is 5.56 Å². The molecule has 0 atom stereocenters.